The number of fused-ring (bicyclic) bond motifs is 2. The van der Waals surface area contributed by atoms with Gasteiger partial charge in [-0.2, -0.15) is 0 Å². The van der Waals surface area contributed by atoms with E-state index in [1.54, 1.807) is 6.07 Å². The molecule has 0 bridgehead atoms. The average molecular weight is 401 g/mol. The molecular weight excluding hydrogens is 380 g/mol. The predicted octanol–water partition coefficient (Wildman–Crippen LogP) is 3.53. The van der Waals surface area contributed by atoms with E-state index in [1.165, 1.54) is 16.5 Å². The second-order valence-electron chi connectivity index (χ2n) is 6.76. The second-order valence-corrected chi connectivity index (χ2v) is 7.68. The number of halogens is 1. The molecule has 5 heteroatoms. The van der Waals surface area contributed by atoms with Gasteiger partial charge in [-0.25, -0.2) is 0 Å². The average Bonchev–Trinajstić information content (AvgIpc) is 2.97. The van der Waals surface area contributed by atoms with Crippen LogP contribution in [0.1, 0.15) is 11.1 Å². The summed E-state index contributed by atoms with van der Waals surface area (Å²) in [5, 5.41) is 21.4. The number of β-amino-alcohol motifs (C(OH)–C–C–N with tert-alkyl or cyclic N) is 1. The smallest absolute Gasteiger partial charge is 0.115 e. The number of phenols is 1. The Balaban J connectivity index is 1.43. The van der Waals surface area contributed by atoms with Crippen molar-refractivity contribution in [1.29, 1.82) is 0 Å². The molecule has 2 heterocycles. The van der Waals surface area contributed by atoms with Crippen LogP contribution < -0.4 is 0 Å². The second kappa shape index (κ2) is 6.83. The number of phenolic OH excluding ortho intramolecular Hbond substituents is 1. The van der Waals surface area contributed by atoms with Crippen molar-refractivity contribution in [3.63, 3.8) is 0 Å². The van der Waals surface area contributed by atoms with Crippen molar-refractivity contribution in [2.45, 2.75) is 25.6 Å². The Labute approximate surface area is 155 Å². The van der Waals surface area contributed by atoms with Crippen LogP contribution in [0.2, 0.25) is 0 Å². The van der Waals surface area contributed by atoms with Crippen LogP contribution in [0.25, 0.3) is 10.9 Å². The quantitative estimate of drug-likeness (QED) is 0.703. The summed E-state index contributed by atoms with van der Waals surface area (Å²) in [5.74, 6) is 0.331. The molecule has 4 rings (SSSR count). The number of benzene rings is 2. The van der Waals surface area contributed by atoms with Gasteiger partial charge in [-0.3, -0.25) is 4.90 Å². The van der Waals surface area contributed by atoms with E-state index in [4.69, 9.17) is 0 Å². The molecule has 4 nitrogen and oxygen atoms in total. The fourth-order valence-electron chi connectivity index (χ4n) is 3.65. The van der Waals surface area contributed by atoms with E-state index in [0.717, 1.165) is 29.5 Å². The van der Waals surface area contributed by atoms with Gasteiger partial charge in [-0.1, -0.05) is 28.1 Å². The van der Waals surface area contributed by atoms with E-state index in [-0.39, 0.29) is 0 Å². The van der Waals surface area contributed by atoms with Crippen molar-refractivity contribution in [3.8, 4) is 5.75 Å². The third kappa shape index (κ3) is 3.59. The van der Waals surface area contributed by atoms with Crippen LogP contribution in [-0.2, 0) is 19.5 Å². The molecule has 0 aliphatic carbocycles. The van der Waals surface area contributed by atoms with Gasteiger partial charge in [0.05, 0.1) is 6.10 Å². The van der Waals surface area contributed by atoms with Crippen LogP contribution in [0.3, 0.4) is 0 Å². The van der Waals surface area contributed by atoms with E-state index >= 15 is 0 Å². The van der Waals surface area contributed by atoms with Crippen molar-refractivity contribution in [2.24, 2.45) is 0 Å². The Morgan fingerprint density at radius 3 is 2.80 bits per heavy atom. The molecule has 0 radical (unpaired) electrons. The highest BCUT2D eigenvalue weighted by Gasteiger charge is 2.19. The molecule has 3 aromatic rings. The first-order chi connectivity index (χ1) is 12.1. The summed E-state index contributed by atoms with van der Waals surface area (Å²) >= 11 is 3.52. The van der Waals surface area contributed by atoms with Gasteiger partial charge in [0.2, 0.25) is 0 Å². The first-order valence-electron chi connectivity index (χ1n) is 8.54. The Morgan fingerprint density at radius 1 is 1.04 bits per heavy atom. The monoisotopic (exact) mass is 400 g/mol. The first kappa shape index (κ1) is 16.6. The zero-order valence-corrected chi connectivity index (χ0v) is 15.5. The van der Waals surface area contributed by atoms with Gasteiger partial charge in [0.1, 0.15) is 5.75 Å². The van der Waals surface area contributed by atoms with Gasteiger partial charge in [0.25, 0.3) is 0 Å². The zero-order valence-electron chi connectivity index (χ0n) is 13.9. The van der Waals surface area contributed by atoms with E-state index in [0.29, 0.717) is 18.8 Å². The normalized spacial score (nSPS) is 16.1. The molecule has 1 aliphatic heterocycles. The first-order valence-corrected chi connectivity index (χ1v) is 9.33. The molecule has 0 unspecified atom stereocenters. The predicted molar refractivity (Wildman–Crippen MR) is 103 cm³/mol. The van der Waals surface area contributed by atoms with E-state index in [9.17, 15) is 10.2 Å². The van der Waals surface area contributed by atoms with Crippen LogP contribution >= 0.6 is 15.9 Å². The summed E-state index contributed by atoms with van der Waals surface area (Å²) < 4.78 is 3.16. The van der Waals surface area contributed by atoms with Gasteiger partial charge >= 0.3 is 0 Å². The summed E-state index contributed by atoms with van der Waals surface area (Å²) in [6, 6.07) is 13.9. The maximum Gasteiger partial charge on any atom is 0.115 e. The maximum absolute atomic E-state index is 10.6. The largest absolute Gasteiger partial charge is 0.508 e. The zero-order chi connectivity index (χ0) is 17.4. The summed E-state index contributed by atoms with van der Waals surface area (Å²) in [5.41, 5.74) is 3.59. The van der Waals surface area contributed by atoms with Crippen LogP contribution in [0.15, 0.2) is 53.1 Å². The number of hydrogen-bond donors (Lipinski definition) is 2. The van der Waals surface area contributed by atoms with Crippen LogP contribution in [-0.4, -0.2) is 38.9 Å². The third-order valence-corrected chi connectivity index (χ3v) is 5.39. The van der Waals surface area contributed by atoms with Crippen LogP contribution in [0, 0.1) is 0 Å². The van der Waals surface area contributed by atoms with Gasteiger partial charge in [-0.15, -0.1) is 0 Å². The van der Waals surface area contributed by atoms with Gasteiger partial charge in [0.15, 0.2) is 0 Å². The van der Waals surface area contributed by atoms with Crippen molar-refractivity contribution < 1.29 is 10.2 Å². The van der Waals surface area contributed by atoms with Crippen LogP contribution in [0.4, 0.5) is 0 Å². The Kier molecular flexibility index (Phi) is 4.54. The maximum atomic E-state index is 10.6. The highest BCUT2D eigenvalue weighted by molar-refractivity contribution is 9.10. The SMILES string of the molecule is Oc1ccc2c(c1)CCN(C[C@@H](O)Cn1ccc3ccc(Br)cc31)C2. The van der Waals surface area contributed by atoms with Crippen LogP contribution in [0.5, 0.6) is 5.75 Å². The van der Waals surface area contributed by atoms with Crippen molar-refractivity contribution in [3.05, 3.63) is 64.3 Å². The van der Waals surface area contributed by atoms with E-state index in [2.05, 4.69) is 43.6 Å². The molecule has 0 saturated carbocycles. The molecule has 1 atom stereocenters. The van der Waals surface area contributed by atoms with Crippen molar-refractivity contribution in [1.82, 2.24) is 9.47 Å². The lowest BCUT2D eigenvalue weighted by molar-refractivity contribution is 0.0927. The molecule has 2 N–H and O–H groups in total. The summed E-state index contributed by atoms with van der Waals surface area (Å²) in [4.78, 5) is 2.28. The molecule has 0 fully saturated rings. The van der Waals surface area contributed by atoms with Gasteiger partial charge < -0.3 is 14.8 Å². The molecule has 25 heavy (non-hydrogen) atoms. The minimum Gasteiger partial charge on any atom is -0.508 e. The lowest BCUT2D eigenvalue weighted by atomic mass is 9.99. The molecule has 1 aromatic heterocycles. The highest BCUT2D eigenvalue weighted by atomic mass is 79.9. The van der Waals surface area contributed by atoms with Crippen molar-refractivity contribution >= 4 is 26.8 Å². The van der Waals surface area contributed by atoms with Gasteiger partial charge in [-0.05, 0) is 53.3 Å². The van der Waals surface area contributed by atoms with Crippen molar-refractivity contribution in [2.75, 3.05) is 13.1 Å². The minimum atomic E-state index is -0.423. The lowest BCUT2D eigenvalue weighted by Gasteiger charge is -2.30. The molecule has 1 aliphatic rings. The number of nitrogens with zero attached hydrogens (tertiary/aromatic N) is 2. The third-order valence-electron chi connectivity index (χ3n) is 4.89. The Bertz CT molecular complexity index is 906. The lowest BCUT2D eigenvalue weighted by Crippen LogP contribution is -2.38. The Hall–Kier alpha value is -1.82. The summed E-state index contributed by atoms with van der Waals surface area (Å²) in [6.07, 6.45) is 2.53. The Morgan fingerprint density at radius 2 is 1.92 bits per heavy atom. The molecule has 0 saturated heterocycles. The summed E-state index contributed by atoms with van der Waals surface area (Å²) in [7, 11) is 0. The number of hydrogen-bond acceptors (Lipinski definition) is 3. The fraction of sp³-hybridized carbons (Fsp3) is 0.300. The minimum absolute atomic E-state index is 0.331. The molecule has 0 spiro atoms. The highest BCUT2D eigenvalue weighted by Crippen LogP contribution is 2.24. The molecule has 130 valence electrons. The number of aliphatic hydroxyl groups excluding tert-OH is 1. The number of aliphatic hydroxyl groups is 1. The summed E-state index contributed by atoms with van der Waals surface area (Å²) in [6.45, 7) is 2.96. The topological polar surface area (TPSA) is 48.6 Å². The molecule has 0 amide bonds. The standard InChI is InChI=1S/C20H21BrN2O2/c21-17-3-1-14-6-8-23(20(14)10-17)13-19(25)12-22-7-5-15-9-18(24)4-2-16(15)11-22/h1-4,6,8-10,19,24-25H,5,7,11-13H2/t19-/m1/s1. The number of aromatic nitrogens is 1. The molecular formula is C20H21BrN2O2. The molecule has 2 aromatic carbocycles. The number of rotatable bonds is 4. The van der Waals surface area contributed by atoms with E-state index < -0.39 is 6.10 Å². The number of aromatic hydroxyl groups is 1. The van der Waals surface area contributed by atoms with Gasteiger partial charge in [0, 0.05) is 42.4 Å². The van der Waals surface area contributed by atoms with E-state index in [1.807, 2.05) is 24.4 Å². The fourth-order valence-corrected chi connectivity index (χ4v) is 4.00.